The van der Waals surface area contributed by atoms with Gasteiger partial charge in [-0.25, -0.2) is 4.98 Å². The van der Waals surface area contributed by atoms with Gasteiger partial charge in [-0.15, -0.1) is 0 Å². The molecule has 4 rings (SSSR count). The fourth-order valence-corrected chi connectivity index (χ4v) is 5.10. The van der Waals surface area contributed by atoms with Crippen LogP contribution in [-0.4, -0.2) is 80.2 Å². The first-order valence-electron chi connectivity index (χ1n) is 11.1. The lowest BCUT2D eigenvalue weighted by Crippen LogP contribution is -2.53. The molecule has 0 saturated carbocycles. The molecule has 0 bridgehead atoms. The van der Waals surface area contributed by atoms with Crippen molar-refractivity contribution in [2.24, 2.45) is 10.9 Å². The summed E-state index contributed by atoms with van der Waals surface area (Å²) >= 11 is 1.51. The molecule has 9 heteroatoms. The van der Waals surface area contributed by atoms with E-state index in [0.29, 0.717) is 5.92 Å². The maximum absolute atomic E-state index is 5.54. The van der Waals surface area contributed by atoms with Crippen molar-refractivity contribution in [1.29, 1.82) is 0 Å². The molecule has 0 aliphatic carbocycles. The van der Waals surface area contributed by atoms with Crippen LogP contribution in [-0.2, 0) is 6.42 Å². The quantitative estimate of drug-likeness (QED) is 0.543. The second-order valence-corrected chi connectivity index (χ2v) is 8.75. The summed E-state index contributed by atoms with van der Waals surface area (Å²) in [5, 5.41) is 4.67. The number of para-hydroxylation sites is 2. The molecule has 1 N–H and O–H groups in total. The average molecular weight is 444 g/mol. The smallest absolute Gasteiger partial charge is 0.205 e. The van der Waals surface area contributed by atoms with Gasteiger partial charge in [0.15, 0.2) is 5.96 Å². The molecule has 1 atom stereocenters. The van der Waals surface area contributed by atoms with E-state index in [1.54, 1.807) is 7.11 Å². The summed E-state index contributed by atoms with van der Waals surface area (Å²) in [6.45, 7) is 8.92. The molecule has 1 aromatic carbocycles. The molecule has 2 fully saturated rings. The highest BCUT2D eigenvalue weighted by Gasteiger charge is 2.26. The van der Waals surface area contributed by atoms with Crippen LogP contribution in [0.1, 0.15) is 19.2 Å². The summed E-state index contributed by atoms with van der Waals surface area (Å²) in [6, 6.07) is 8.28. The summed E-state index contributed by atoms with van der Waals surface area (Å²) in [6.07, 6.45) is 2.06. The van der Waals surface area contributed by atoms with Crippen molar-refractivity contribution >= 4 is 28.3 Å². The second-order valence-electron chi connectivity index (χ2n) is 8.02. The molecule has 1 aromatic heterocycles. The summed E-state index contributed by atoms with van der Waals surface area (Å²) in [5.41, 5.74) is 1.19. The van der Waals surface area contributed by atoms with E-state index in [4.69, 9.17) is 4.74 Å². The maximum Gasteiger partial charge on any atom is 0.205 e. The van der Waals surface area contributed by atoms with Gasteiger partial charge in [0.2, 0.25) is 5.13 Å². The van der Waals surface area contributed by atoms with Crippen LogP contribution in [0.2, 0.25) is 0 Å². The largest absolute Gasteiger partial charge is 0.495 e. The van der Waals surface area contributed by atoms with Crippen LogP contribution < -0.4 is 19.9 Å². The van der Waals surface area contributed by atoms with Crippen molar-refractivity contribution < 1.29 is 4.74 Å². The highest BCUT2D eigenvalue weighted by Crippen LogP contribution is 2.31. The number of anilines is 2. The van der Waals surface area contributed by atoms with Gasteiger partial charge in [0, 0.05) is 70.8 Å². The third-order valence-corrected chi connectivity index (χ3v) is 6.91. The highest BCUT2D eigenvalue weighted by molar-refractivity contribution is 7.09. The first-order valence-corrected chi connectivity index (χ1v) is 11.9. The van der Waals surface area contributed by atoms with Crippen molar-refractivity contribution in [3.05, 3.63) is 30.1 Å². The number of nitrogens with one attached hydrogen (secondary N) is 1. The zero-order chi connectivity index (χ0) is 21.6. The van der Waals surface area contributed by atoms with Crippen LogP contribution in [0.25, 0.3) is 0 Å². The Balaban J connectivity index is 1.26. The molecular formula is C22H33N7OS. The minimum atomic E-state index is 0.594. The first-order chi connectivity index (χ1) is 15.2. The molecule has 2 saturated heterocycles. The van der Waals surface area contributed by atoms with E-state index >= 15 is 0 Å². The number of piperazine rings is 1. The Morgan fingerprint density at radius 2 is 2.00 bits per heavy atom. The van der Waals surface area contributed by atoms with Crippen LogP contribution in [0.3, 0.4) is 0 Å². The summed E-state index contributed by atoms with van der Waals surface area (Å²) in [5.74, 6) is 3.49. The number of rotatable bonds is 6. The molecule has 168 valence electrons. The topological polar surface area (TPSA) is 69.1 Å². The first kappa shape index (κ1) is 21.7. The van der Waals surface area contributed by atoms with Gasteiger partial charge in [0.25, 0.3) is 0 Å². The molecule has 2 aliphatic heterocycles. The van der Waals surface area contributed by atoms with Gasteiger partial charge in [0.1, 0.15) is 11.6 Å². The Labute approximate surface area is 189 Å². The number of benzene rings is 1. The van der Waals surface area contributed by atoms with E-state index in [0.717, 1.165) is 74.9 Å². The predicted octanol–water partition coefficient (Wildman–Crippen LogP) is 2.33. The van der Waals surface area contributed by atoms with E-state index in [-0.39, 0.29) is 0 Å². The number of hydrogen-bond donors (Lipinski definition) is 1. The van der Waals surface area contributed by atoms with Crippen LogP contribution in [0, 0.1) is 5.92 Å². The molecular weight excluding hydrogens is 410 g/mol. The minimum absolute atomic E-state index is 0.594. The lowest BCUT2D eigenvalue weighted by molar-refractivity contribution is 0.369. The fraction of sp³-hybridized carbons (Fsp3) is 0.591. The summed E-state index contributed by atoms with van der Waals surface area (Å²) < 4.78 is 9.96. The monoisotopic (exact) mass is 443 g/mol. The van der Waals surface area contributed by atoms with Crippen LogP contribution in [0.5, 0.6) is 5.75 Å². The number of aliphatic imine (C=N–C) groups is 1. The van der Waals surface area contributed by atoms with Gasteiger partial charge < -0.3 is 24.8 Å². The molecule has 0 amide bonds. The average Bonchev–Trinajstić information content (AvgIpc) is 3.50. The van der Waals surface area contributed by atoms with E-state index in [2.05, 4.69) is 53.4 Å². The zero-order valence-electron chi connectivity index (χ0n) is 18.8. The van der Waals surface area contributed by atoms with Gasteiger partial charge in [-0.05, 0) is 24.5 Å². The number of guanidine groups is 1. The normalized spacial score (nSPS) is 19.8. The Hall–Kier alpha value is -2.55. The number of aryl methyl sites for hydroxylation is 1. The van der Waals surface area contributed by atoms with Crippen molar-refractivity contribution in [1.82, 2.24) is 19.6 Å². The molecule has 0 spiro atoms. The maximum atomic E-state index is 5.54. The van der Waals surface area contributed by atoms with Gasteiger partial charge in [-0.2, -0.15) is 4.37 Å². The van der Waals surface area contributed by atoms with Gasteiger partial charge in [0.05, 0.1) is 12.8 Å². The van der Waals surface area contributed by atoms with E-state index in [9.17, 15) is 0 Å². The van der Waals surface area contributed by atoms with E-state index in [1.807, 2.05) is 19.2 Å². The van der Waals surface area contributed by atoms with E-state index < -0.39 is 0 Å². The number of aromatic nitrogens is 2. The van der Waals surface area contributed by atoms with Crippen molar-refractivity contribution in [2.45, 2.75) is 19.8 Å². The summed E-state index contributed by atoms with van der Waals surface area (Å²) in [7, 11) is 3.62. The molecule has 1 unspecified atom stereocenters. The Kier molecular flexibility index (Phi) is 7.11. The second kappa shape index (κ2) is 10.2. The Morgan fingerprint density at radius 1 is 1.19 bits per heavy atom. The molecule has 2 aliphatic rings. The third-order valence-electron chi connectivity index (χ3n) is 6.10. The fourth-order valence-electron chi connectivity index (χ4n) is 4.30. The molecule has 3 heterocycles. The molecule has 31 heavy (non-hydrogen) atoms. The Bertz CT molecular complexity index is 878. The number of hydrogen-bond acceptors (Lipinski definition) is 7. The summed E-state index contributed by atoms with van der Waals surface area (Å²) in [4.78, 5) is 16.3. The third kappa shape index (κ3) is 5.03. The number of methoxy groups -OCH3 is 1. The van der Waals surface area contributed by atoms with Gasteiger partial charge >= 0.3 is 0 Å². The molecule has 2 aromatic rings. The molecule has 8 nitrogen and oxygen atoms in total. The molecule has 0 radical (unpaired) electrons. The van der Waals surface area contributed by atoms with Gasteiger partial charge in [-0.3, -0.25) is 4.99 Å². The van der Waals surface area contributed by atoms with Crippen LogP contribution >= 0.6 is 11.5 Å². The van der Waals surface area contributed by atoms with E-state index in [1.165, 1.54) is 23.6 Å². The van der Waals surface area contributed by atoms with Crippen LogP contribution in [0.4, 0.5) is 10.8 Å². The van der Waals surface area contributed by atoms with Crippen molar-refractivity contribution in [2.75, 3.05) is 69.8 Å². The SMILES string of the molecule is CCc1nsc(N2CCN(C(=NC)NCC3CCN(c4ccccc4OC)C3)CC2)n1. The standard InChI is InChI=1S/C22H33N7OS/c1-4-20-25-22(31-26-20)28-13-11-27(12-14-28)21(23-2)24-15-17-9-10-29(16-17)18-7-5-6-8-19(18)30-3/h5-8,17H,4,9-16H2,1-3H3,(H,23,24). The van der Waals surface area contributed by atoms with Crippen LogP contribution in [0.15, 0.2) is 29.3 Å². The lowest BCUT2D eigenvalue weighted by atomic mass is 10.1. The number of ether oxygens (including phenoxy) is 1. The Morgan fingerprint density at radius 3 is 2.71 bits per heavy atom. The lowest BCUT2D eigenvalue weighted by Gasteiger charge is -2.36. The van der Waals surface area contributed by atoms with Crippen molar-refractivity contribution in [3.63, 3.8) is 0 Å². The number of nitrogens with zero attached hydrogens (tertiary/aromatic N) is 6. The minimum Gasteiger partial charge on any atom is -0.495 e. The predicted molar refractivity (Wildman–Crippen MR) is 128 cm³/mol. The highest BCUT2D eigenvalue weighted by atomic mass is 32.1. The van der Waals surface area contributed by atoms with Gasteiger partial charge in [-0.1, -0.05) is 19.1 Å². The van der Waals surface area contributed by atoms with Crippen molar-refractivity contribution in [3.8, 4) is 5.75 Å². The zero-order valence-corrected chi connectivity index (χ0v) is 19.6.